The lowest BCUT2D eigenvalue weighted by molar-refractivity contribution is -0.121. The summed E-state index contributed by atoms with van der Waals surface area (Å²) in [6.45, 7) is 2.85. The SMILES string of the molecule is COc1ccc(C(=O)CCC(=O)NCCC2CCCNC2)cc1. The van der Waals surface area contributed by atoms with Crippen LogP contribution in [0.2, 0.25) is 0 Å². The summed E-state index contributed by atoms with van der Waals surface area (Å²) in [5.41, 5.74) is 0.617. The molecule has 1 atom stereocenters. The van der Waals surface area contributed by atoms with Crippen molar-refractivity contribution >= 4 is 11.7 Å². The number of ether oxygens (including phenoxy) is 1. The van der Waals surface area contributed by atoms with Gasteiger partial charge in [0.25, 0.3) is 0 Å². The van der Waals surface area contributed by atoms with Crippen molar-refractivity contribution in [2.75, 3.05) is 26.7 Å². The van der Waals surface area contributed by atoms with Gasteiger partial charge in [0.1, 0.15) is 5.75 Å². The van der Waals surface area contributed by atoms with Gasteiger partial charge in [-0.05, 0) is 62.5 Å². The molecular formula is C18H26N2O3. The van der Waals surface area contributed by atoms with Crippen molar-refractivity contribution in [1.82, 2.24) is 10.6 Å². The molecule has 5 nitrogen and oxygen atoms in total. The molecule has 5 heteroatoms. The Morgan fingerprint density at radius 1 is 1.26 bits per heavy atom. The third-order valence-electron chi connectivity index (χ3n) is 4.26. The monoisotopic (exact) mass is 318 g/mol. The number of carbonyl (C=O) groups excluding carboxylic acids is 2. The Morgan fingerprint density at radius 3 is 2.70 bits per heavy atom. The summed E-state index contributed by atoms with van der Waals surface area (Å²) < 4.78 is 5.06. The highest BCUT2D eigenvalue weighted by Gasteiger charge is 2.13. The van der Waals surface area contributed by atoms with Gasteiger partial charge < -0.3 is 15.4 Å². The molecule has 0 spiro atoms. The number of rotatable bonds is 8. The molecule has 0 aliphatic carbocycles. The maximum Gasteiger partial charge on any atom is 0.220 e. The lowest BCUT2D eigenvalue weighted by atomic mass is 9.96. The molecule has 1 aliphatic heterocycles. The van der Waals surface area contributed by atoms with Crippen LogP contribution in [0.25, 0.3) is 0 Å². The predicted molar refractivity (Wildman–Crippen MR) is 89.8 cm³/mol. The predicted octanol–water partition coefficient (Wildman–Crippen LogP) is 2.16. The number of hydrogen-bond donors (Lipinski definition) is 2. The van der Waals surface area contributed by atoms with Crippen LogP contribution in [0.3, 0.4) is 0 Å². The largest absolute Gasteiger partial charge is 0.497 e. The molecule has 23 heavy (non-hydrogen) atoms. The molecule has 1 aromatic carbocycles. The van der Waals surface area contributed by atoms with Crippen LogP contribution in [-0.4, -0.2) is 38.4 Å². The van der Waals surface area contributed by atoms with E-state index in [2.05, 4.69) is 10.6 Å². The fourth-order valence-electron chi connectivity index (χ4n) is 2.82. The Morgan fingerprint density at radius 2 is 2.04 bits per heavy atom. The van der Waals surface area contributed by atoms with Gasteiger partial charge >= 0.3 is 0 Å². The van der Waals surface area contributed by atoms with Crippen LogP contribution in [0.15, 0.2) is 24.3 Å². The van der Waals surface area contributed by atoms with E-state index in [1.807, 2.05) is 0 Å². The number of hydrogen-bond acceptors (Lipinski definition) is 4. The highest BCUT2D eigenvalue weighted by atomic mass is 16.5. The first-order valence-corrected chi connectivity index (χ1v) is 8.33. The summed E-state index contributed by atoms with van der Waals surface area (Å²) in [4.78, 5) is 23.9. The number of nitrogens with one attached hydrogen (secondary N) is 2. The molecule has 1 heterocycles. The third-order valence-corrected chi connectivity index (χ3v) is 4.26. The second-order valence-electron chi connectivity index (χ2n) is 6.00. The van der Waals surface area contributed by atoms with Crippen LogP contribution in [0, 0.1) is 5.92 Å². The van der Waals surface area contributed by atoms with E-state index in [0.717, 1.165) is 25.3 Å². The van der Waals surface area contributed by atoms with E-state index in [9.17, 15) is 9.59 Å². The van der Waals surface area contributed by atoms with E-state index in [0.29, 0.717) is 18.0 Å². The summed E-state index contributed by atoms with van der Waals surface area (Å²) in [6.07, 6.45) is 3.94. The number of methoxy groups -OCH3 is 1. The number of piperidine rings is 1. The molecule has 0 radical (unpaired) electrons. The molecule has 1 fully saturated rings. The molecule has 0 aromatic heterocycles. The molecule has 0 saturated carbocycles. The van der Waals surface area contributed by atoms with E-state index in [-0.39, 0.29) is 24.5 Å². The zero-order valence-corrected chi connectivity index (χ0v) is 13.8. The normalized spacial score (nSPS) is 17.5. The molecule has 1 amide bonds. The minimum Gasteiger partial charge on any atom is -0.497 e. The van der Waals surface area contributed by atoms with Crippen molar-refractivity contribution in [3.05, 3.63) is 29.8 Å². The molecule has 2 N–H and O–H groups in total. The molecule has 1 saturated heterocycles. The Kier molecular flexibility index (Phi) is 7.07. The van der Waals surface area contributed by atoms with Gasteiger partial charge in [-0.1, -0.05) is 0 Å². The van der Waals surface area contributed by atoms with Gasteiger partial charge in [0.15, 0.2) is 5.78 Å². The standard InChI is InChI=1S/C18H26N2O3/c1-23-16-6-4-15(5-7-16)17(21)8-9-18(22)20-12-10-14-3-2-11-19-13-14/h4-7,14,19H,2-3,8-13H2,1H3,(H,20,22). The topological polar surface area (TPSA) is 67.4 Å². The number of Topliss-reactive ketones (excluding diaryl/α,β-unsaturated/α-hetero) is 1. The van der Waals surface area contributed by atoms with E-state index in [1.165, 1.54) is 12.8 Å². The van der Waals surface area contributed by atoms with E-state index >= 15 is 0 Å². The number of ketones is 1. The number of carbonyl (C=O) groups is 2. The van der Waals surface area contributed by atoms with Crippen molar-refractivity contribution < 1.29 is 14.3 Å². The minimum atomic E-state index is -0.0457. The molecule has 1 unspecified atom stereocenters. The van der Waals surface area contributed by atoms with Crippen molar-refractivity contribution in [2.24, 2.45) is 5.92 Å². The van der Waals surface area contributed by atoms with Gasteiger partial charge in [-0.3, -0.25) is 9.59 Å². The first kappa shape index (κ1) is 17.5. The van der Waals surface area contributed by atoms with Crippen LogP contribution in [0.5, 0.6) is 5.75 Å². The number of benzene rings is 1. The fraction of sp³-hybridized carbons (Fsp3) is 0.556. The van der Waals surface area contributed by atoms with Crippen molar-refractivity contribution in [1.29, 1.82) is 0 Å². The highest BCUT2D eigenvalue weighted by Crippen LogP contribution is 2.14. The van der Waals surface area contributed by atoms with E-state index in [1.54, 1.807) is 31.4 Å². The summed E-state index contributed by atoms with van der Waals surface area (Å²) in [5, 5.41) is 6.29. The minimum absolute atomic E-state index is 0.0146. The van der Waals surface area contributed by atoms with E-state index in [4.69, 9.17) is 4.74 Å². The van der Waals surface area contributed by atoms with Crippen LogP contribution in [0.1, 0.15) is 42.5 Å². The summed E-state index contributed by atoms with van der Waals surface area (Å²) in [6, 6.07) is 6.97. The second kappa shape index (κ2) is 9.30. The Bertz CT molecular complexity index is 508. The van der Waals surface area contributed by atoms with Crippen LogP contribution < -0.4 is 15.4 Å². The summed E-state index contributed by atoms with van der Waals surface area (Å²) in [7, 11) is 1.59. The average Bonchev–Trinajstić information content (AvgIpc) is 2.60. The van der Waals surface area contributed by atoms with Crippen molar-refractivity contribution in [3.8, 4) is 5.75 Å². The van der Waals surface area contributed by atoms with Gasteiger partial charge in [-0.25, -0.2) is 0 Å². The van der Waals surface area contributed by atoms with Crippen molar-refractivity contribution in [3.63, 3.8) is 0 Å². The van der Waals surface area contributed by atoms with Gasteiger partial charge in [0.2, 0.25) is 5.91 Å². The first-order chi connectivity index (χ1) is 11.2. The Balaban J connectivity index is 1.63. The molecular weight excluding hydrogens is 292 g/mol. The maximum atomic E-state index is 12.0. The summed E-state index contributed by atoms with van der Waals surface area (Å²) in [5.74, 6) is 1.32. The molecule has 2 rings (SSSR count). The van der Waals surface area contributed by atoms with E-state index < -0.39 is 0 Å². The Hall–Kier alpha value is -1.88. The average molecular weight is 318 g/mol. The highest BCUT2D eigenvalue weighted by molar-refractivity contribution is 5.98. The fourth-order valence-corrected chi connectivity index (χ4v) is 2.82. The van der Waals surface area contributed by atoms with Gasteiger partial charge in [-0.15, -0.1) is 0 Å². The molecule has 1 aromatic rings. The molecule has 0 bridgehead atoms. The molecule has 1 aliphatic rings. The van der Waals surface area contributed by atoms with Gasteiger partial charge in [0, 0.05) is 24.9 Å². The molecule has 126 valence electrons. The lowest BCUT2D eigenvalue weighted by Crippen LogP contribution is -2.33. The van der Waals surface area contributed by atoms with Gasteiger partial charge in [0.05, 0.1) is 7.11 Å². The van der Waals surface area contributed by atoms with Crippen LogP contribution in [-0.2, 0) is 4.79 Å². The van der Waals surface area contributed by atoms with Crippen LogP contribution >= 0.6 is 0 Å². The van der Waals surface area contributed by atoms with Gasteiger partial charge in [-0.2, -0.15) is 0 Å². The Labute approximate surface area is 137 Å². The second-order valence-corrected chi connectivity index (χ2v) is 6.00. The quantitative estimate of drug-likeness (QED) is 0.721. The smallest absolute Gasteiger partial charge is 0.220 e. The first-order valence-electron chi connectivity index (χ1n) is 8.33. The van der Waals surface area contributed by atoms with Crippen molar-refractivity contribution in [2.45, 2.75) is 32.1 Å². The zero-order valence-electron chi connectivity index (χ0n) is 13.8. The number of amides is 1. The maximum absolute atomic E-state index is 12.0. The lowest BCUT2D eigenvalue weighted by Gasteiger charge is -2.22. The van der Waals surface area contributed by atoms with Crippen LogP contribution in [0.4, 0.5) is 0 Å². The summed E-state index contributed by atoms with van der Waals surface area (Å²) >= 11 is 0. The third kappa shape index (κ3) is 6.02. The zero-order chi connectivity index (χ0) is 16.5.